The largest absolute Gasteiger partial charge is 0.349 e. The van der Waals surface area contributed by atoms with Crippen LogP contribution in [-0.2, 0) is 6.54 Å². The van der Waals surface area contributed by atoms with Gasteiger partial charge >= 0.3 is 0 Å². The van der Waals surface area contributed by atoms with Crippen LogP contribution in [-0.4, -0.2) is 28.9 Å². The third-order valence-electron chi connectivity index (χ3n) is 5.47. The van der Waals surface area contributed by atoms with Crippen molar-refractivity contribution in [2.75, 3.05) is 0 Å². The topological polar surface area (TPSA) is 32.3 Å². The van der Waals surface area contributed by atoms with E-state index < -0.39 is 0 Å². The molecule has 2 saturated heterocycles. The number of nitrogens with zero attached hydrogens (tertiary/aromatic N) is 1. The summed E-state index contributed by atoms with van der Waals surface area (Å²) in [6.07, 6.45) is 5.66. The van der Waals surface area contributed by atoms with Crippen LogP contribution in [0.25, 0.3) is 0 Å². The lowest BCUT2D eigenvalue weighted by molar-refractivity contribution is 0.0184. The van der Waals surface area contributed by atoms with Crippen molar-refractivity contribution in [2.24, 2.45) is 0 Å². The van der Waals surface area contributed by atoms with Crippen molar-refractivity contribution < 1.29 is 9.18 Å². The fourth-order valence-corrected chi connectivity index (χ4v) is 5.05. The van der Waals surface area contributed by atoms with Crippen molar-refractivity contribution in [3.8, 4) is 0 Å². The summed E-state index contributed by atoms with van der Waals surface area (Å²) in [5, 5.41) is 5.28. The van der Waals surface area contributed by atoms with Crippen LogP contribution in [0, 0.1) is 5.82 Å². The smallest absolute Gasteiger partial charge is 0.251 e. The second-order valence-corrected chi connectivity index (χ2v) is 8.17. The first kappa shape index (κ1) is 16.7. The number of rotatable bonds is 4. The van der Waals surface area contributed by atoms with Crippen LogP contribution < -0.4 is 5.32 Å². The lowest BCUT2D eigenvalue weighted by Crippen LogP contribution is -2.56. The average Bonchev–Trinajstić information content (AvgIpc) is 3.08. The maximum absolute atomic E-state index is 13.3. The molecule has 2 fully saturated rings. The molecule has 2 aromatic rings. The monoisotopic (exact) mass is 358 g/mol. The highest BCUT2D eigenvalue weighted by molar-refractivity contribution is 7.09. The van der Waals surface area contributed by atoms with Gasteiger partial charge in [-0.2, -0.15) is 0 Å². The van der Waals surface area contributed by atoms with Gasteiger partial charge in [0, 0.05) is 35.1 Å². The zero-order valence-electron chi connectivity index (χ0n) is 14.2. The van der Waals surface area contributed by atoms with Crippen LogP contribution in [0.1, 0.15) is 47.3 Å². The Morgan fingerprint density at radius 3 is 2.68 bits per heavy atom. The molecule has 5 heteroatoms. The number of carbonyl (C=O) groups is 1. The Kier molecular flexibility index (Phi) is 4.86. The van der Waals surface area contributed by atoms with Gasteiger partial charge < -0.3 is 5.32 Å². The first-order valence-corrected chi connectivity index (χ1v) is 9.91. The van der Waals surface area contributed by atoms with Gasteiger partial charge in [-0.05, 0) is 55.3 Å². The number of hydrogen-bond donors (Lipinski definition) is 1. The van der Waals surface area contributed by atoms with Gasteiger partial charge in [-0.3, -0.25) is 9.69 Å². The summed E-state index contributed by atoms with van der Waals surface area (Å²) in [4.78, 5) is 16.5. The zero-order valence-corrected chi connectivity index (χ0v) is 15.0. The second kappa shape index (κ2) is 7.26. The summed E-state index contributed by atoms with van der Waals surface area (Å²) in [7, 11) is 0. The van der Waals surface area contributed by atoms with Crippen molar-refractivity contribution >= 4 is 17.2 Å². The second-order valence-electron chi connectivity index (χ2n) is 7.14. The van der Waals surface area contributed by atoms with Crippen molar-refractivity contribution in [2.45, 2.75) is 56.8 Å². The number of fused-ring (bicyclic) bond motifs is 2. The number of amides is 1. The van der Waals surface area contributed by atoms with E-state index in [0.29, 0.717) is 17.6 Å². The molecule has 3 heterocycles. The SMILES string of the molecule is O=C(NC1C[C@@H]2CCC[C@@H](C1)N2Cc1cccs1)c1cccc(F)c1. The van der Waals surface area contributed by atoms with Gasteiger partial charge in [0.15, 0.2) is 0 Å². The molecule has 1 aromatic carbocycles. The molecule has 0 radical (unpaired) electrons. The third-order valence-corrected chi connectivity index (χ3v) is 6.33. The van der Waals surface area contributed by atoms with Gasteiger partial charge in [-0.1, -0.05) is 18.6 Å². The highest BCUT2D eigenvalue weighted by atomic mass is 32.1. The molecule has 0 saturated carbocycles. The maximum Gasteiger partial charge on any atom is 0.251 e. The summed E-state index contributed by atoms with van der Waals surface area (Å²) in [5.41, 5.74) is 0.408. The van der Waals surface area contributed by atoms with Crippen LogP contribution in [0.5, 0.6) is 0 Å². The van der Waals surface area contributed by atoms with Gasteiger partial charge in [0.25, 0.3) is 5.91 Å². The number of benzene rings is 1. The Morgan fingerprint density at radius 1 is 1.20 bits per heavy atom. The molecule has 132 valence electrons. The van der Waals surface area contributed by atoms with Crippen LogP contribution in [0.3, 0.4) is 0 Å². The molecular weight excluding hydrogens is 335 g/mol. The van der Waals surface area contributed by atoms with Crippen molar-refractivity contribution in [3.63, 3.8) is 0 Å². The molecule has 2 aliphatic heterocycles. The normalized spacial score (nSPS) is 26.4. The predicted molar refractivity (Wildman–Crippen MR) is 98.2 cm³/mol. The van der Waals surface area contributed by atoms with Crippen LogP contribution >= 0.6 is 11.3 Å². The Morgan fingerprint density at radius 2 is 2.00 bits per heavy atom. The molecule has 3 nitrogen and oxygen atoms in total. The third kappa shape index (κ3) is 3.77. The molecule has 4 rings (SSSR count). The van der Waals surface area contributed by atoms with E-state index in [4.69, 9.17) is 0 Å². The molecule has 2 atom stereocenters. The summed E-state index contributed by atoms with van der Waals surface area (Å²) in [5.74, 6) is -0.524. The zero-order chi connectivity index (χ0) is 17.2. The van der Waals surface area contributed by atoms with Gasteiger partial charge in [0.05, 0.1) is 0 Å². The lowest BCUT2D eigenvalue weighted by atomic mass is 9.81. The number of thiophene rings is 1. The quantitative estimate of drug-likeness (QED) is 0.888. The minimum atomic E-state index is -0.365. The molecule has 1 aromatic heterocycles. The van der Waals surface area contributed by atoms with Crippen LogP contribution in [0.4, 0.5) is 4.39 Å². The predicted octanol–water partition coefficient (Wildman–Crippen LogP) is 4.20. The summed E-state index contributed by atoms with van der Waals surface area (Å²) in [6.45, 7) is 1.03. The van der Waals surface area contributed by atoms with E-state index in [0.717, 1.165) is 19.4 Å². The Hall–Kier alpha value is -1.72. The Bertz CT molecular complexity index is 719. The molecular formula is C20H23FN2OS. The number of halogens is 1. The van der Waals surface area contributed by atoms with Gasteiger partial charge in [0.2, 0.25) is 0 Å². The van der Waals surface area contributed by atoms with E-state index in [2.05, 4.69) is 27.7 Å². The average molecular weight is 358 g/mol. The van der Waals surface area contributed by atoms with Crippen LogP contribution in [0.2, 0.25) is 0 Å². The van der Waals surface area contributed by atoms with Crippen molar-refractivity contribution in [3.05, 3.63) is 58.0 Å². The van der Waals surface area contributed by atoms with Gasteiger partial charge in [-0.15, -0.1) is 11.3 Å². The van der Waals surface area contributed by atoms with E-state index in [9.17, 15) is 9.18 Å². The number of carbonyl (C=O) groups excluding carboxylic acids is 1. The highest BCUT2D eigenvalue weighted by Gasteiger charge is 2.38. The molecule has 1 N–H and O–H groups in total. The molecule has 1 amide bonds. The number of hydrogen-bond acceptors (Lipinski definition) is 3. The fourth-order valence-electron chi connectivity index (χ4n) is 4.34. The maximum atomic E-state index is 13.3. The first-order valence-electron chi connectivity index (χ1n) is 9.03. The summed E-state index contributed by atoms with van der Waals surface area (Å²) >= 11 is 1.82. The number of piperidine rings is 2. The number of nitrogens with one attached hydrogen (secondary N) is 1. The van der Waals surface area contributed by atoms with Crippen LogP contribution in [0.15, 0.2) is 41.8 Å². The fraction of sp³-hybridized carbons (Fsp3) is 0.450. The Labute approximate surface area is 151 Å². The van der Waals surface area contributed by atoms with Gasteiger partial charge in [-0.25, -0.2) is 4.39 Å². The van der Waals surface area contributed by atoms with E-state index >= 15 is 0 Å². The standard InChI is InChI=1S/C20H23FN2OS/c21-15-5-1-4-14(10-15)20(24)22-16-11-17-6-2-7-18(12-16)23(17)13-19-8-3-9-25-19/h1,3-5,8-10,16-18H,2,6-7,11-13H2,(H,22,24)/t17-,18-/m0/s1. The molecule has 2 aliphatic rings. The van der Waals surface area contributed by atoms with E-state index in [1.807, 2.05) is 11.3 Å². The molecule has 0 unspecified atom stereocenters. The summed E-state index contributed by atoms with van der Waals surface area (Å²) in [6, 6.07) is 11.5. The van der Waals surface area contributed by atoms with Crippen molar-refractivity contribution in [1.29, 1.82) is 0 Å². The van der Waals surface area contributed by atoms with E-state index in [1.165, 1.54) is 36.3 Å². The van der Waals surface area contributed by atoms with Gasteiger partial charge in [0.1, 0.15) is 5.82 Å². The van der Waals surface area contributed by atoms with E-state index in [1.54, 1.807) is 12.1 Å². The summed E-state index contributed by atoms with van der Waals surface area (Å²) < 4.78 is 13.3. The minimum absolute atomic E-state index is 0.158. The molecule has 25 heavy (non-hydrogen) atoms. The molecule has 2 bridgehead atoms. The van der Waals surface area contributed by atoms with E-state index in [-0.39, 0.29) is 17.8 Å². The van der Waals surface area contributed by atoms with Crippen molar-refractivity contribution in [1.82, 2.24) is 10.2 Å². The lowest BCUT2D eigenvalue weighted by Gasteiger charge is -2.49. The minimum Gasteiger partial charge on any atom is -0.349 e. The highest BCUT2D eigenvalue weighted by Crippen LogP contribution is 2.35. The Balaban J connectivity index is 1.42. The first-order chi connectivity index (χ1) is 12.2. The molecule has 0 spiro atoms. The molecule has 0 aliphatic carbocycles.